The van der Waals surface area contributed by atoms with Gasteiger partial charge in [0.05, 0.1) is 5.52 Å². The second kappa shape index (κ2) is 7.60. The number of hydrogen-bond donors (Lipinski definition) is 1. The number of benzene rings is 2. The van der Waals surface area contributed by atoms with Crippen molar-refractivity contribution in [2.75, 3.05) is 32.5 Å². The molecular formula is C19H21ClN4. The van der Waals surface area contributed by atoms with E-state index in [9.17, 15) is 0 Å². The largest absolute Gasteiger partial charge is 0.369 e. The number of nitrogens with one attached hydrogen (secondary N) is 1. The molecule has 24 heavy (non-hydrogen) atoms. The summed E-state index contributed by atoms with van der Waals surface area (Å²) in [4.78, 5) is 10.9. The third-order valence-corrected chi connectivity index (χ3v) is 4.12. The Kier molecular flexibility index (Phi) is 5.28. The molecule has 1 atom stereocenters. The van der Waals surface area contributed by atoms with Crippen LogP contribution in [0.4, 0.5) is 5.82 Å². The Morgan fingerprint density at radius 1 is 1.00 bits per heavy atom. The highest BCUT2D eigenvalue weighted by Gasteiger charge is 2.14. The van der Waals surface area contributed by atoms with Gasteiger partial charge in [-0.25, -0.2) is 9.97 Å². The van der Waals surface area contributed by atoms with Crippen LogP contribution in [0.5, 0.6) is 0 Å². The van der Waals surface area contributed by atoms with Crippen LogP contribution in [-0.4, -0.2) is 42.1 Å². The molecule has 1 unspecified atom stereocenters. The van der Waals surface area contributed by atoms with Crippen molar-refractivity contribution in [3.8, 4) is 0 Å². The number of likely N-dealkylation sites (N-methyl/N-ethyl adjacent to an activating group) is 1. The van der Waals surface area contributed by atoms with Gasteiger partial charge in [0, 0.05) is 24.4 Å². The Hall–Kier alpha value is -2.17. The first-order valence-corrected chi connectivity index (χ1v) is 8.37. The summed E-state index contributed by atoms with van der Waals surface area (Å²) in [7, 11) is 4.18. The van der Waals surface area contributed by atoms with Crippen molar-refractivity contribution in [1.29, 1.82) is 0 Å². The van der Waals surface area contributed by atoms with Crippen LogP contribution in [0.2, 0.25) is 5.28 Å². The molecule has 0 aliphatic rings. The van der Waals surface area contributed by atoms with Gasteiger partial charge in [0.2, 0.25) is 5.28 Å². The Morgan fingerprint density at radius 2 is 1.71 bits per heavy atom. The Morgan fingerprint density at radius 3 is 2.46 bits per heavy atom. The van der Waals surface area contributed by atoms with E-state index in [1.54, 1.807) is 0 Å². The molecule has 124 valence electrons. The molecule has 3 rings (SSSR count). The van der Waals surface area contributed by atoms with E-state index in [0.717, 1.165) is 29.8 Å². The zero-order valence-electron chi connectivity index (χ0n) is 13.9. The van der Waals surface area contributed by atoms with Gasteiger partial charge >= 0.3 is 0 Å². The molecule has 2 aromatic carbocycles. The summed E-state index contributed by atoms with van der Waals surface area (Å²) in [6.07, 6.45) is 0. The zero-order valence-corrected chi connectivity index (χ0v) is 14.7. The number of aromatic nitrogens is 2. The fraction of sp³-hybridized carbons (Fsp3) is 0.263. The third-order valence-electron chi connectivity index (χ3n) is 3.95. The van der Waals surface area contributed by atoms with Crippen LogP contribution >= 0.6 is 11.6 Å². The predicted octanol–water partition coefficient (Wildman–Crippen LogP) is 4.04. The van der Waals surface area contributed by atoms with Gasteiger partial charge in [0.25, 0.3) is 0 Å². The highest BCUT2D eigenvalue weighted by atomic mass is 35.5. The van der Waals surface area contributed by atoms with Crippen molar-refractivity contribution < 1.29 is 0 Å². The first-order valence-electron chi connectivity index (χ1n) is 7.99. The van der Waals surface area contributed by atoms with Gasteiger partial charge < -0.3 is 10.2 Å². The predicted molar refractivity (Wildman–Crippen MR) is 101 cm³/mol. The van der Waals surface area contributed by atoms with Crippen molar-refractivity contribution in [2.24, 2.45) is 0 Å². The molecule has 0 saturated heterocycles. The van der Waals surface area contributed by atoms with Crippen molar-refractivity contribution >= 4 is 28.3 Å². The Labute approximate surface area is 147 Å². The quantitative estimate of drug-likeness (QED) is 0.687. The Balaban J connectivity index is 1.85. The van der Waals surface area contributed by atoms with Crippen LogP contribution in [0.25, 0.3) is 10.9 Å². The summed E-state index contributed by atoms with van der Waals surface area (Å²) >= 11 is 6.07. The summed E-state index contributed by atoms with van der Waals surface area (Å²) in [5.41, 5.74) is 2.16. The Bertz CT molecular complexity index is 805. The first kappa shape index (κ1) is 16.7. The van der Waals surface area contributed by atoms with Crippen LogP contribution < -0.4 is 5.32 Å². The molecule has 0 amide bonds. The number of nitrogens with zero attached hydrogens (tertiary/aromatic N) is 3. The van der Waals surface area contributed by atoms with E-state index in [-0.39, 0.29) is 5.28 Å². The first-order chi connectivity index (χ1) is 11.6. The van der Waals surface area contributed by atoms with Gasteiger partial charge in [-0.3, -0.25) is 0 Å². The van der Waals surface area contributed by atoms with E-state index in [0.29, 0.717) is 5.92 Å². The summed E-state index contributed by atoms with van der Waals surface area (Å²) in [6, 6.07) is 18.4. The van der Waals surface area contributed by atoms with E-state index in [1.165, 1.54) is 5.56 Å². The maximum Gasteiger partial charge on any atom is 0.224 e. The molecule has 3 aromatic rings. The van der Waals surface area contributed by atoms with Crippen LogP contribution in [0.15, 0.2) is 54.6 Å². The maximum atomic E-state index is 6.07. The number of anilines is 1. The molecule has 5 heteroatoms. The van der Waals surface area contributed by atoms with Gasteiger partial charge in [-0.15, -0.1) is 0 Å². The van der Waals surface area contributed by atoms with Crippen molar-refractivity contribution in [1.82, 2.24) is 14.9 Å². The fourth-order valence-corrected chi connectivity index (χ4v) is 3.03. The number of fused-ring (bicyclic) bond motifs is 1. The lowest BCUT2D eigenvalue weighted by molar-refractivity contribution is 0.378. The van der Waals surface area contributed by atoms with Gasteiger partial charge in [-0.1, -0.05) is 42.5 Å². The molecule has 0 spiro atoms. The second-order valence-electron chi connectivity index (χ2n) is 6.11. The van der Waals surface area contributed by atoms with Gasteiger partial charge in [0.15, 0.2) is 0 Å². The monoisotopic (exact) mass is 340 g/mol. The molecule has 1 aromatic heterocycles. The minimum atomic E-state index is 0.264. The lowest BCUT2D eigenvalue weighted by Gasteiger charge is -2.22. The van der Waals surface area contributed by atoms with Gasteiger partial charge in [-0.05, 0) is 43.4 Å². The highest BCUT2D eigenvalue weighted by Crippen LogP contribution is 2.23. The highest BCUT2D eigenvalue weighted by molar-refractivity contribution is 6.28. The lowest BCUT2D eigenvalue weighted by atomic mass is 9.98. The van der Waals surface area contributed by atoms with E-state index in [2.05, 4.69) is 58.5 Å². The molecule has 0 bridgehead atoms. The molecular weight excluding hydrogens is 320 g/mol. The average molecular weight is 341 g/mol. The number of halogens is 1. The lowest BCUT2D eigenvalue weighted by Crippen LogP contribution is -2.25. The van der Waals surface area contributed by atoms with Gasteiger partial charge in [-0.2, -0.15) is 0 Å². The van der Waals surface area contributed by atoms with E-state index >= 15 is 0 Å². The minimum Gasteiger partial charge on any atom is -0.369 e. The van der Waals surface area contributed by atoms with E-state index in [1.807, 2.05) is 30.3 Å². The zero-order chi connectivity index (χ0) is 16.9. The van der Waals surface area contributed by atoms with Crippen molar-refractivity contribution in [3.05, 3.63) is 65.4 Å². The molecule has 0 radical (unpaired) electrons. The van der Waals surface area contributed by atoms with Crippen LogP contribution in [0, 0.1) is 0 Å². The SMILES string of the molecule is CN(C)CC(CNc1nc(Cl)nc2ccccc12)c1ccccc1. The normalized spacial score (nSPS) is 12.5. The summed E-state index contributed by atoms with van der Waals surface area (Å²) in [5.74, 6) is 1.14. The number of rotatable bonds is 6. The molecule has 0 aliphatic heterocycles. The fourth-order valence-electron chi connectivity index (χ4n) is 2.86. The molecule has 0 aliphatic carbocycles. The minimum absolute atomic E-state index is 0.264. The molecule has 4 nitrogen and oxygen atoms in total. The standard InChI is InChI=1S/C19H21ClN4/c1-24(2)13-15(14-8-4-3-5-9-14)12-21-18-16-10-6-7-11-17(16)22-19(20)23-18/h3-11,15H,12-13H2,1-2H3,(H,21,22,23). The second-order valence-corrected chi connectivity index (χ2v) is 6.45. The number of hydrogen-bond acceptors (Lipinski definition) is 4. The van der Waals surface area contributed by atoms with E-state index < -0.39 is 0 Å². The van der Waals surface area contributed by atoms with Crippen LogP contribution in [-0.2, 0) is 0 Å². The smallest absolute Gasteiger partial charge is 0.224 e. The maximum absolute atomic E-state index is 6.07. The topological polar surface area (TPSA) is 41.0 Å². The molecule has 1 heterocycles. The van der Waals surface area contributed by atoms with E-state index in [4.69, 9.17) is 11.6 Å². The van der Waals surface area contributed by atoms with Crippen LogP contribution in [0.3, 0.4) is 0 Å². The molecule has 0 fully saturated rings. The van der Waals surface area contributed by atoms with Gasteiger partial charge in [0.1, 0.15) is 5.82 Å². The third kappa shape index (κ3) is 4.02. The van der Waals surface area contributed by atoms with Crippen molar-refractivity contribution in [3.63, 3.8) is 0 Å². The summed E-state index contributed by atoms with van der Waals surface area (Å²) in [6.45, 7) is 1.73. The molecule has 1 N–H and O–H groups in total. The summed E-state index contributed by atoms with van der Waals surface area (Å²) in [5, 5.41) is 4.72. The number of para-hydroxylation sites is 1. The molecule has 0 saturated carbocycles. The van der Waals surface area contributed by atoms with Crippen LogP contribution in [0.1, 0.15) is 11.5 Å². The summed E-state index contributed by atoms with van der Waals surface area (Å²) < 4.78 is 0. The van der Waals surface area contributed by atoms with Crippen molar-refractivity contribution in [2.45, 2.75) is 5.92 Å². The average Bonchev–Trinajstić information content (AvgIpc) is 2.58.